The molecule has 2 amide bonds. The summed E-state index contributed by atoms with van der Waals surface area (Å²) >= 11 is 0. The number of amides is 2. The molecule has 4 fully saturated rings. The molecular formula is C21H29N5O2. The average Bonchev–Trinajstić information content (AvgIpc) is 3.45. The summed E-state index contributed by atoms with van der Waals surface area (Å²) < 4.78 is 67.5. The third kappa shape index (κ3) is 3.09. The van der Waals surface area contributed by atoms with E-state index in [1.54, 1.807) is 18.5 Å². The Hall–Kier alpha value is -2.02. The Labute approximate surface area is 177 Å². The Morgan fingerprint density at radius 1 is 1.00 bits per heavy atom. The maximum atomic E-state index is 13.1. The number of hydrogen-bond acceptors (Lipinski definition) is 6. The van der Waals surface area contributed by atoms with Crippen LogP contribution >= 0.6 is 0 Å². The lowest BCUT2D eigenvalue weighted by Crippen LogP contribution is -2.47. The van der Waals surface area contributed by atoms with E-state index in [0.717, 1.165) is 4.90 Å². The minimum atomic E-state index is -3.07. The molecule has 3 heterocycles. The highest BCUT2D eigenvalue weighted by Gasteiger charge is 2.60. The molecule has 2 unspecified atom stereocenters. The van der Waals surface area contributed by atoms with E-state index in [0.29, 0.717) is 25.5 Å². The van der Waals surface area contributed by atoms with Gasteiger partial charge in [0.15, 0.2) is 0 Å². The Bertz CT molecular complexity index is 1010. The van der Waals surface area contributed by atoms with E-state index >= 15 is 0 Å². The van der Waals surface area contributed by atoms with Crippen LogP contribution in [-0.2, 0) is 9.59 Å². The fraction of sp³-hybridized carbons (Fsp3) is 0.714. The molecule has 6 atom stereocenters. The van der Waals surface area contributed by atoms with Gasteiger partial charge in [0.25, 0.3) is 0 Å². The second-order valence-electron chi connectivity index (χ2n) is 7.70. The highest BCUT2D eigenvalue weighted by Crippen LogP contribution is 2.56. The van der Waals surface area contributed by atoms with E-state index in [9.17, 15) is 9.59 Å². The zero-order valence-corrected chi connectivity index (χ0v) is 15.5. The van der Waals surface area contributed by atoms with Crippen LogP contribution in [0.4, 0.5) is 5.95 Å². The average molecular weight is 392 g/mol. The maximum Gasteiger partial charge on any atom is 0.233 e. The molecule has 7 heteroatoms. The van der Waals surface area contributed by atoms with Crippen molar-refractivity contribution in [3.8, 4) is 0 Å². The van der Waals surface area contributed by atoms with Crippen LogP contribution in [0.15, 0.2) is 18.5 Å². The van der Waals surface area contributed by atoms with E-state index in [4.69, 9.17) is 11.0 Å². The SMILES string of the molecule is [2H]C1C([2H])[C@@H]2C[C@H]1[C@@H]1C(=O)N(CC([2H])([2H])C([2H])([2H])C([2H])([2H])N3CCN(c4ncccn4)CC3)C(=O)[C@@H]12. The van der Waals surface area contributed by atoms with Gasteiger partial charge in [0.05, 0.1) is 11.8 Å². The van der Waals surface area contributed by atoms with E-state index in [1.165, 1.54) is 4.90 Å². The fourth-order valence-corrected chi connectivity index (χ4v) is 4.83. The van der Waals surface area contributed by atoms with Crippen molar-refractivity contribution in [2.24, 2.45) is 23.7 Å². The van der Waals surface area contributed by atoms with Crippen molar-refractivity contribution in [2.75, 3.05) is 44.1 Å². The maximum absolute atomic E-state index is 13.1. The number of nitrogens with zero attached hydrogens (tertiary/aromatic N) is 5. The third-order valence-corrected chi connectivity index (χ3v) is 6.22. The van der Waals surface area contributed by atoms with Gasteiger partial charge in [-0.1, -0.05) is 0 Å². The second kappa shape index (κ2) is 7.43. The third-order valence-electron chi connectivity index (χ3n) is 6.22. The van der Waals surface area contributed by atoms with Crippen molar-refractivity contribution < 1.29 is 20.6 Å². The van der Waals surface area contributed by atoms with E-state index in [2.05, 4.69) is 9.97 Å². The highest BCUT2D eigenvalue weighted by atomic mass is 16.2. The first-order valence-corrected chi connectivity index (χ1v) is 9.76. The minimum Gasteiger partial charge on any atom is -0.338 e. The summed E-state index contributed by atoms with van der Waals surface area (Å²) in [5.41, 5.74) is 0. The van der Waals surface area contributed by atoms with Crippen molar-refractivity contribution in [2.45, 2.75) is 32.0 Å². The molecule has 1 aromatic heterocycles. The van der Waals surface area contributed by atoms with E-state index < -0.39 is 74.1 Å². The zero-order chi connectivity index (χ0) is 26.2. The summed E-state index contributed by atoms with van der Waals surface area (Å²) in [6.07, 6.45) is -3.86. The van der Waals surface area contributed by atoms with Crippen LogP contribution in [-0.4, -0.2) is 70.8 Å². The van der Waals surface area contributed by atoms with Crippen molar-refractivity contribution in [3.63, 3.8) is 0 Å². The predicted molar refractivity (Wildman–Crippen MR) is 104 cm³/mol. The smallest absolute Gasteiger partial charge is 0.233 e. The van der Waals surface area contributed by atoms with Crippen LogP contribution in [0.3, 0.4) is 0 Å². The zero-order valence-electron chi connectivity index (χ0n) is 23.5. The molecule has 150 valence electrons. The first kappa shape index (κ1) is 11.2. The lowest BCUT2D eigenvalue weighted by molar-refractivity contribution is -0.140. The van der Waals surface area contributed by atoms with Gasteiger partial charge < -0.3 is 4.90 Å². The molecule has 7 nitrogen and oxygen atoms in total. The Morgan fingerprint density at radius 2 is 1.64 bits per heavy atom. The highest BCUT2D eigenvalue weighted by molar-refractivity contribution is 6.06. The van der Waals surface area contributed by atoms with Crippen molar-refractivity contribution in [1.29, 1.82) is 0 Å². The van der Waals surface area contributed by atoms with Crippen LogP contribution in [0.1, 0.15) is 42.9 Å². The van der Waals surface area contributed by atoms with Gasteiger partial charge in [-0.3, -0.25) is 19.4 Å². The number of fused-ring (bicyclic) bond motifs is 5. The molecule has 0 aromatic carbocycles. The van der Waals surface area contributed by atoms with Crippen LogP contribution in [0.25, 0.3) is 0 Å². The Balaban J connectivity index is 1.30. The summed E-state index contributed by atoms with van der Waals surface area (Å²) in [4.78, 5) is 38.4. The summed E-state index contributed by atoms with van der Waals surface area (Å²) in [6, 6.07) is 1.68. The Morgan fingerprint density at radius 3 is 2.29 bits per heavy atom. The second-order valence-corrected chi connectivity index (χ2v) is 7.70. The molecule has 1 aromatic rings. The summed E-state index contributed by atoms with van der Waals surface area (Å²) in [6.45, 7) is -2.80. The molecule has 2 saturated heterocycles. The quantitative estimate of drug-likeness (QED) is 0.683. The van der Waals surface area contributed by atoms with Gasteiger partial charge in [-0.25, -0.2) is 9.97 Å². The molecule has 4 aliphatic rings. The number of imide groups is 1. The molecule has 2 bridgehead atoms. The first-order chi connectivity index (χ1) is 16.8. The molecule has 2 aliphatic heterocycles. The number of carbonyl (C=O) groups is 2. The van der Waals surface area contributed by atoms with Gasteiger partial charge in [-0.05, 0) is 56.4 Å². The summed E-state index contributed by atoms with van der Waals surface area (Å²) in [7, 11) is 0. The molecule has 5 rings (SSSR count). The van der Waals surface area contributed by atoms with Crippen LogP contribution in [0.5, 0.6) is 0 Å². The van der Waals surface area contributed by atoms with Gasteiger partial charge in [-0.2, -0.15) is 0 Å². The molecule has 0 N–H and O–H groups in total. The first-order valence-electron chi connectivity index (χ1n) is 13.9. The summed E-state index contributed by atoms with van der Waals surface area (Å²) in [5, 5.41) is 0. The van der Waals surface area contributed by atoms with Crippen molar-refractivity contribution >= 4 is 17.8 Å². The molecule has 0 radical (unpaired) electrons. The van der Waals surface area contributed by atoms with Crippen LogP contribution in [0.2, 0.25) is 0 Å². The molecule has 2 saturated carbocycles. The number of carbonyl (C=O) groups excluding carboxylic acids is 2. The van der Waals surface area contributed by atoms with Crippen molar-refractivity contribution in [1.82, 2.24) is 19.8 Å². The van der Waals surface area contributed by atoms with Gasteiger partial charge in [-0.15, -0.1) is 0 Å². The number of piperazine rings is 1. The molecule has 2 aliphatic carbocycles. The van der Waals surface area contributed by atoms with Gasteiger partial charge >= 0.3 is 0 Å². The fourth-order valence-electron chi connectivity index (χ4n) is 4.83. The van der Waals surface area contributed by atoms with E-state index in [1.807, 2.05) is 4.90 Å². The normalized spacial score (nSPS) is 43.4. The summed E-state index contributed by atoms with van der Waals surface area (Å²) in [5.74, 6) is -3.16. The molecule has 28 heavy (non-hydrogen) atoms. The lowest BCUT2D eigenvalue weighted by atomic mass is 9.81. The largest absolute Gasteiger partial charge is 0.338 e. The minimum absolute atomic E-state index is 0.103. The van der Waals surface area contributed by atoms with Gasteiger partial charge in [0.2, 0.25) is 17.8 Å². The van der Waals surface area contributed by atoms with Gasteiger partial charge in [0, 0.05) is 56.1 Å². The number of aromatic nitrogens is 2. The lowest BCUT2D eigenvalue weighted by Gasteiger charge is -2.34. The Kier molecular flexibility index (Phi) is 2.98. The van der Waals surface area contributed by atoms with E-state index in [-0.39, 0.29) is 13.1 Å². The van der Waals surface area contributed by atoms with Crippen molar-refractivity contribution in [3.05, 3.63) is 18.5 Å². The number of rotatable bonds is 6. The standard InChI is InChI=1S/C21H29N5O2/c27-19-17-15-4-5-16(14-15)18(17)20(28)26(19)9-2-1-8-24-10-12-25(13-11-24)21-22-6-3-7-23-21/h3,6-7,15-18H,1-2,4-5,8-14H2/t15-,16+,17-,18+/i1D2,2D2,4D,5D,8D2/t4?,5?,15-,16+,17-,18+. The molecule has 0 spiro atoms. The monoisotopic (exact) mass is 391 g/mol. The predicted octanol–water partition coefficient (Wildman–Crippen LogP) is 1.41. The topological polar surface area (TPSA) is 69.6 Å². The van der Waals surface area contributed by atoms with Gasteiger partial charge in [0.1, 0.15) is 0 Å². The number of hydrogen-bond donors (Lipinski definition) is 0. The van der Waals surface area contributed by atoms with Crippen LogP contribution in [0, 0.1) is 23.7 Å². The number of anilines is 1. The number of likely N-dealkylation sites (tertiary alicyclic amines) is 1. The van der Waals surface area contributed by atoms with Crippen LogP contribution < -0.4 is 4.90 Å². The molecular weight excluding hydrogens is 354 g/mol.